The molecule has 0 aliphatic carbocycles. The summed E-state index contributed by atoms with van der Waals surface area (Å²) in [6, 6.07) is 14.3. The molecule has 0 saturated heterocycles. The molecule has 1 amide bonds. The van der Waals surface area contributed by atoms with E-state index in [-0.39, 0.29) is 11.5 Å². The Morgan fingerprint density at radius 2 is 1.85 bits per heavy atom. The van der Waals surface area contributed by atoms with Crippen LogP contribution in [0.25, 0.3) is 11.1 Å². The van der Waals surface area contributed by atoms with E-state index < -0.39 is 12.5 Å². The molecule has 0 fully saturated rings. The standard InChI is InChI=1S/C19H14BrF2NO4/c1-25-13-5-2-11(3-6-13)14-10-12(4-7-15(14)27-19(21)22)23-18(24)16-8-9-17(20)26-16/h2-10,19H,1H3,(H,23,24). The predicted molar refractivity (Wildman–Crippen MR) is 99.4 cm³/mol. The topological polar surface area (TPSA) is 60.7 Å². The summed E-state index contributed by atoms with van der Waals surface area (Å²) < 4.78 is 40.8. The van der Waals surface area contributed by atoms with Crippen LogP contribution in [0.1, 0.15) is 10.6 Å². The van der Waals surface area contributed by atoms with E-state index in [0.717, 1.165) is 0 Å². The number of methoxy groups -OCH3 is 1. The summed E-state index contributed by atoms with van der Waals surface area (Å²) in [5.41, 5.74) is 1.43. The molecule has 0 radical (unpaired) electrons. The highest BCUT2D eigenvalue weighted by Crippen LogP contribution is 2.34. The van der Waals surface area contributed by atoms with Gasteiger partial charge in [0.2, 0.25) is 0 Å². The summed E-state index contributed by atoms with van der Waals surface area (Å²) in [5.74, 6) is 0.265. The molecule has 140 valence electrons. The van der Waals surface area contributed by atoms with E-state index in [1.165, 1.54) is 25.3 Å². The van der Waals surface area contributed by atoms with Crippen LogP contribution < -0.4 is 14.8 Å². The number of nitrogens with one attached hydrogen (secondary N) is 1. The minimum Gasteiger partial charge on any atom is -0.497 e. The molecule has 0 atom stereocenters. The van der Waals surface area contributed by atoms with Gasteiger partial charge in [0.05, 0.1) is 7.11 Å². The minimum absolute atomic E-state index is 0.00564. The van der Waals surface area contributed by atoms with Crippen LogP contribution in [-0.2, 0) is 0 Å². The van der Waals surface area contributed by atoms with Gasteiger partial charge in [-0.05, 0) is 64.0 Å². The van der Waals surface area contributed by atoms with Crippen molar-refractivity contribution in [2.75, 3.05) is 12.4 Å². The lowest BCUT2D eigenvalue weighted by atomic mass is 10.0. The molecular weight excluding hydrogens is 424 g/mol. The third kappa shape index (κ3) is 4.65. The van der Waals surface area contributed by atoms with Gasteiger partial charge in [-0.1, -0.05) is 12.1 Å². The molecule has 0 aliphatic heterocycles. The fraction of sp³-hybridized carbons (Fsp3) is 0.105. The molecule has 0 unspecified atom stereocenters. The highest BCUT2D eigenvalue weighted by Gasteiger charge is 2.15. The molecule has 0 bridgehead atoms. The Morgan fingerprint density at radius 1 is 1.11 bits per heavy atom. The van der Waals surface area contributed by atoms with Gasteiger partial charge >= 0.3 is 6.61 Å². The number of carbonyl (C=O) groups is 1. The summed E-state index contributed by atoms with van der Waals surface area (Å²) in [4.78, 5) is 12.2. The fourth-order valence-electron chi connectivity index (χ4n) is 2.43. The van der Waals surface area contributed by atoms with Gasteiger partial charge in [0.15, 0.2) is 10.4 Å². The average molecular weight is 438 g/mol. The van der Waals surface area contributed by atoms with Gasteiger partial charge < -0.3 is 19.2 Å². The number of amides is 1. The second kappa shape index (κ2) is 8.22. The quantitative estimate of drug-likeness (QED) is 0.547. The van der Waals surface area contributed by atoms with Crippen molar-refractivity contribution in [3.8, 4) is 22.6 Å². The van der Waals surface area contributed by atoms with E-state index in [0.29, 0.717) is 27.2 Å². The number of alkyl halides is 2. The first-order valence-corrected chi connectivity index (χ1v) is 8.55. The lowest BCUT2D eigenvalue weighted by molar-refractivity contribution is -0.0494. The Kier molecular flexibility index (Phi) is 5.75. The minimum atomic E-state index is -2.97. The Balaban J connectivity index is 1.93. The summed E-state index contributed by atoms with van der Waals surface area (Å²) >= 11 is 3.13. The van der Waals surface area contributed by atoms with Gasteiger partial charge in [0.25, 0.3) is 5.91 Å². The van der Waals surface area contributed by atoms with Crippen molar-refractivity contribution >= 4 is 27.5 Å². The zero-order chi connectivity index (χ0) is 19.4. The van der Waals surface area contributed by atoms with Gasteiger partial charge in [-0.25, -0.2) is 0 Å². The molecule has 0 saturated carbocycles. The first-order chi connectivity index (χ1) is 13.0. The van der Waals surface area contributed by atoms with Crippen LogP contribution in [0.4, 0.5) is 14.5 Å². The van der Waals surface area contributed by atoms with Crippen molar-refractivity contribution < 1.29 is 27.5 Å². The summed E-state index contributed by atoms with van der Waals surface area (Å²) in [7, 11) is 1.53. The molecule has 3 rings (SSSR count). The number of hydrogen-bond acceptors (Lipinski definition) is 4. The molecule has 1 heterocycles. The van der Waals surface area contributed by atoms with Crippen LogP contribution in [0.15, 0.2) is 63.7 Å². The van der Waals surface area contributed by atoms with E-state index in [4.69, 9.17) is 9.15 Å². The van der Waals surface area contributed by atoms with Crippen molar-refractivity contribution in [2.45, 2.75) is 6.61 Å². The van der Waals surface area contributed by atoms with E-state index in [1.54, 1.807) is 36.4 Å². The molecule has 27 heavy (non-hydrogen) atoms. The fourth-order valence-corrected chi connectivity index (χ4v) is 2.74. The maximum Gasteiger partial charge on any atom is 0.387 e. The summed E-state index contributed by atoms with van der Waals surface area (Å²) in [6.45, 7) is -2.97. The Labute approximate surface area is 162 Å². The zero-order valence-corrected chi connectivity index (χ0v) is 15.6. The molecule has 0 aliphatic rings. The summed E-state index contributed by atoms with van der Waals surface area (Å²) in [6.07, 6.45) is 0. The molecule has 5 nitrogen and oxygen atoms in total. The van der Waals surface area contributed by atoms with Gasteiger partial charge in [0, 0.05) is 11.3 Å². The molecule has 3 aromatic rings. The molecular formula is C19H14BrF2NO4. The van der Waals surface area contributed by atoms with Crippen LogP contribution in [-0.4, -0.2) is 19.6 Å². The van der Waals surface area contributed by atoms with Crippen LogP contribution in [0.5, 0.6) is 11.5 Å². The largest absolute Gasteiger partial charge is 0.497 e. The van der Waals surface area contributed by atoms with Crippen molar-refractivity contribution in [3.05, 3.63) is 65.0 Å². The van der Waals surface area contributed by atoms with Gasteiger partial charge in [0.1, 0.15) is 11.5 Å². The second-order valence-corrected chi connectivity index (χ2v) is 6.16. The van der Waals surface area contributed by atoms with Crippen LogP contribution in [0.3, 0.4) is 0 Å². The number of rotatable bonds is 6. The Bertz CT molecular complexity index is 941. The van der Waals surface area contributed by atoms with E-state index in [1.807, 2.05) is 0 Å². The summed E-state index contributed by atoms with van der Waals surface area (Å²) in [5, 5.41) is 2.66. The molecule has 2 aromatic carbocycles. The molecule has 0 spiro atoms. The number of carbonyl (C=O) groups excluding carboxylic acids is 1. The lowest BCUT2D eigenvalue weighted by Crippen LogP contribution is -2.11. The van der Waals surface area contributed by atoms with Crippen molar-refractivity contribution in [1.29, 1.82) is 0 Å². The zero-order valence-electron chi connectivity index (χ0n) is 14.0. The lowest BCUT2D eigenvalue weighted by Gasteiger charge is -2.13. The average Bonchev–Trinajstić information content (AvgIpc) is 3.09. The normalized spacial score (nSPS) is 10.7. The SMILES string of the molecule is COc1ccc(-c2cc(NC(=O)c3ccc(Br)o3)ccc2OC(F)F)cc1. The smallest absolute Gasteiger partial charge is 0.387 e. The van der Waals surface area contributed by atoms with E-state index in [2.05, 4.69) is 26.0 Å². The number of furan rings is 1. The number of benzene rings is 2. The number of halogens is 3. The van der Waals surface area contributed by atoms with Gasteiger partial charge in [-0.2, -0.15) is 8.78 Å². The maximum absolute atomic E-state index is 12.7. The van der Waals surface area contributed by atoms with Crippen LogP contribution >= 0.6 is 15.9 Å². The highest BCUT2D eigenvalue weighted by atomic mass is 79.9. The molecule has 1 aromatic heterocycles. The molecule has 8 heteroatoms. The van der Waals surface area contributed by atoms with Crippen LogP contribution in [0.2, 0.25) is 0 Å². The van der Waals surface area contributed by atoms with Gasteiger partial charge in [-0.15, -0.1) is 0 Å². The number of ether oxygens (including phenoxy) is 2. The third-order valence-electron chi connectivity index (χ3n) is 3.65. The Morgan fingerprint density at radius 3 is 2.44 bits per heavy atom. The van der Waals surface area contributed by atoms with Crippen LogP contribution in [0, 0.1) is 0 Å². The van der Waals surface area contributed by atoms with Gasteiger partial charge in [-0.3, -0.25) is 4.79 Å². The van der Waals surface area contributed by atoms with E-state index in [9.17, 15) is 13.6 Å². The first kappa shape index (κ1) is 18.9. The first-order valence-electron chi connectivity index (χ1n) is 7.76. The third-order valence-corrected chi connectivity index (χ3v) is 4.08. The van der Waals surface area contributed by atoms with Crippen molar-refractivity contribution in [2.24, 2.45) is 0 Å². The van der Waals surface area contributed by atoms with Crippen molar-refractivity contribution in [3.63, 3.8) is 0 Å². The monoisotopic (exact) mass is 437 g/mol. The predicted octanol–water partition coefficient (Wildman–Crippen LogP) is 5.57. The second-order valence-electron chi connectivity index (χ2n) is 5.38. The van der Waals surface area contributed by atoms with Crippen molar-refractivity contribution in [1.82, 2.24) is 0 Å². The Hall–Kier alpha value is -2.87. The molecule has 1 N–H and O–H groups in total. The highest BCUT2D eigenvalue weighted by molar-refractivity contribution is 9.10. The maximum atomic E-state index is 12.7. The van der Waals surface area contributed by atoms with E-state index >= 15 is 0 Å². The number of hydrogen-bond donors (Lipinski definition) is 1. The number of anilines is 1.